The minimum atomic E-state index is -0.458. The largest absolute Gasteiger partial charge is 0.479 e. The Morgan fingerprint density at radius 1 is 1.31 bits per heavy atom. The van der Waals surface area contributed by atoms with Crippen molar-refractivity contribution in [1.82, 2.24) is 4.44 Å². The molecular formula is C18H28BNO5P4. The molecular weight excluding hydrogens is 445 g/mol. The monoisotopic (exact) mass is 473 g/mol. The molecule has 3 aliphatic carbocycles. The fourth-order valence-corrected chi connectivity index (χ4v) is 6.12. The molecule has 9 atom stereocenters. The summed E-state index contributed by atoms with van der Waals surface area (Å²) in [4.78, 5) is 12.1. The molecule has 6 nitrogen and oxygen atoms in total. The van der Waals surface area contributed by atoms with E-state index in [4.69, 9.17) is 18.4 Å². The van der Waals surface area contributed by atoms with Gasteiger partial charge in [-0.2, -0.15) is 0 Å². The molecule has 2 bridgehead atoms. The number of hydrogen-bond donors (Lipinski definition) is 0. The van der Waals surface area contributed by atoms with Crippen molar-refractivity contribution in [3.8, 4) is 5.75 Å². The highest BCUT2D eigenvalue weighted by Gasteiger charge is 2.62. The first-order valence-electron chi connectivity index (χ1n) is 9.77. The lowest BCUT2D eigenvalue weighted by Gasteiger charge is -2.60. The number of para-hydroxylation sites is 1. The summed E-state index contributed by atoms with van der Waals surface area (Å²) in [5.41, 5.74) is 1.61. The Labute approximate surface area is 182 Å². The number of benzene rings is 1. The lowest BCUT2D eigenvalue weighted by molar-refractivity contribution is -0.150. The van der Waals surface area contributed by atoms with E-state index in [9.17, 15) is 4.79 Å². The van der Waals surface area contributed by atoms with E-state index >= 15 is 0 Å². The second-order valence-electron chi connectivity index (χ2n) is 8.78. The van der Waals surface area contributed by atoms with Crippen molar-refractivity contribution in [3.63, 3.8) is 0 Å². The molecule has 4 fully saturated rings. The van der Waals surface area contributed by atoms with Gasteiger partial charge in [0.05, 0.1) is 37.1 Å². The lowest BCUT2D eigenvalue weighted by Crippen LogP contribution is -2.59. The van der Waals surface area contributed by atoms with Crippen molar-refractivity contribution >= 4 is 50.8 Å². The summed E-state index contributed by atoms with van der Waals surface area (Å²) in [6, 6.07) is 5.47. The summed E-state index contributed by atoms with van der Waals surface area (Å²) in [6.45, 7) is 4.71. The molecule has 1 aromatic rings. The van der Waals surface area contributed by atoms with Gasteiger partial charge in [0.15, 0.2) is 0 Å². The number of carbonyl (C=O) groups excluding carboxylic acids is 1. The van der Waals surface area contributed by atoms with Crippen LogP contribution in [-0.2, 0) is 20.3 Å². The molecule has 3 saturated carbocycles. The summed E-state index contributed by atoms with van der Waals surface area (Å²) < 4.78 is 25.1. The van der Waals surface area contributed by atoms with Gasteiger partial charge in [0.1, 0.15) is 11.3 Å². The fourth-order valence-electron chi connectivity index (χ4n) is 5.22. The summed E-state index contributed by atoms with van der Waals surface area (Å²) in [7, 11) is 9.25. The third-order valence-corrected chi connectivity index (χ3v) is 8.31. The van der Waals surface area contributed by atoms with Crippen LogP contribution in [0.3, 0.4) is 0 Å². The molecule has 1 heterocycles. The summed E-state index contributed by atoms with van der Waals surface area (Å²) >= 11 is 0. The van der Waals surface area contributed by atoms with Crippen LogP contribution in [0.2, 0.25) is 0 Å². The molecule has 5 rings (SSSR count). The van der Waals surface area contributed by atoms with E-state index in [-0.39, 0.29) is 25.3 Å². The first-order chi connectivity index (χ1) is 13.8. The van der Waals surface area contributed by atoms with Crippen LogP contribution < -0.4 is 4.52 Å². The highest BCUT2D eigenvalue weighted by Crippen LogP contribution is 2.61. The minimum Gasteiger partial charge on any atom is -0.479 e. The van der Waals surface area contributed by atoms with Crippen LogP contribution in [0, 0.1) is 17.3 Å². The first kappa shape index (κ1) is 22.4. The SMILES string of the molecule is CC1(C)C2CC3OB(C(Cc4cccc(C(=O)OP)c4OP)N(P)P)OC3C1C2. The third-order valence-electron chi connectivity index (χ3n) is 7.09. The Balaban J connectivity index is 1.55. The van der Waals surface area contributed by atoms with Crippen LogP contribution in [0.15, 0.2) is 18.2 Å². The van der Waals surface area contributed by atoms with Gasteiger partial charge in [-0.25, -0.2) is 4.79 Å². The van der Waals surface area contributed by atoms with Crippen molar-refractivity contribution in [1.29, 1.82) is 0 Å². The zero-order valence-electron chi connectivity index (χ0n) is 16.6. The predicted octanol–water partition coefficient (Wildman–Crippen LogP) is 3.47. The zero-order chi connectivity index (χ0) is 20.9. The Morgan fingerprint density at radius 2 is 2.07 bits per heavy atom. The maximum absolute atomic E-state index is 12.1. The van der Waals surface area contributed by atoms with Gasteiger partial charge in [0.25, 0.3) is 0 Å². The highest BCUT2D eigenvalue weighted by molar-refractivity contribution is 7.31. The average Bonchev–Trinajstić information content (AvgIpc) is 3.14. The van der Waals surface area contributed by atoms with Gasteiger partial charge >= 0.3 is 13.1 Å². The molecule has 0 amide bonds. The van der Waals surface area contributed by atoms with E-state index < -0.39 is 5.97 Å². The number of rotatable bonds is 6. The van der Waals surface area contributed by atoms with Gasteiger partial charge in [-0.3, -0.25) is 4.44 Å². The zero-order valence-corrected chi connectivity index (χ0v) is 21.2. The Morgan fingerprint density at radius 3 is 2.69 bits per heavy atom. The van der Waals surface area contributed by atoms with Crippen LogP contribution in [0.4, 0.5) is 0 Å². The first-order valence-corrected chi connectivity index (χ1v) is 11.7. The maximum atomic E-state index is 12.1. The van der Waals surface area contributed by atoms with E-state index in [0.29, 0.717) is 29.1 Å². The summed E-state index contributed by atoms with van der Waals surface area (Å²) in [5.74, 6) is 1.25. The topological polar surface area (TPSA) is 57.2 Å². The lowest BCUT2D eigenvalue weighted by atomic mass is 9.47. The van der Waals surface area contributed by atoms with Crippen LogP contribution in [0.25, 0.3) is 0 Å². The number of nitrogens with zero attached hydrogens (tertiary/aromatic N) is 1. The molecule has 4 aliphatic rings. The predicted molar refractivity (Wildman–Crippen MR) is 126 cm³/mol. The minimum absolute atomic E-state index is 0.0721. The maximum Gasteiger partial charge on any atom is 0.476 e. The molecule has 0 radical (unpaired) electrons. The highest BCUT2D eigenvalue weighted by atomic mass is 31.1. The molecule has 1 aromatic carbocycles. The van der Waals surface area contributed by atoms with Gasteiger partial charge in [-0.15, -0.1) is 0 Å². The fraction of sp³-hybridized carbons (Fsp3) is 0.611. The second-order valence-corrected chi connectivity index (χ2v) is 11.0. The Hall–Kier alpha value is 0.155. The van der Waals surface area contributed by atoms with Gasteiger partial charge in [-0.05, 0) is 48.1 Å². The van der Waals surface area contributed by atoms with Crippen LogP contribution in [0.5, 0.6) is 5.75 Å². The quantitative estimate of drug-likeness (QED) is 0.466. The average molecular weight is 473 g/mol. The van der Waals surface area contributed by atoms with Gasteiger partial charge in [0, 0.05) is 0 Å². The molecule has 0 N–H and O–H groups in total. The van der Waals surface area contributed by atoms with Crippen molar-refractivity contribution in [2.75, 3.05) is 0 Å². The van der Waals surface area contributed by atoms with Crippen LogP contribution in [0.1, 0.15) is 42.6 Å². The van der Waals surface area contributed by atoms with E-state index in [0.717, 1.165) is 17.9 Å². The molecule has 1 saturated heterocycles. The molecule has 11 heteroatoms. The van der Waals surface area contributed by atoms with E-state index in [1.165, 1.54) is 6.42 Å². The van der Waals surface area contributed by atoms with E-state index in [1.807, 2.05) is 26.0 Å². The van der Waals surface area contributed by atoms with Gasteiger partial charge < -0.3 is 18.4 Å². The van der Waals surface area contributed by atoms with Crippen molar-refractivity contribution in [2.24, 2.45) is 17.3 Å². The molecule has 29 heavy (non-hydrogen) atoms. The molecule has 0 aromatic heterocycles. The normalized spacial score (nSPS) is 30.5. The smallest absolute Gasteiger partial charge is 0.476 e. The Kier molecular flexibility index (Phi) is 6.62. The second kappa shape index (κ2) is 8.59. The summed E-state index contributed by atoms with van der Waals surface area (Å²) in [5, 5.41) is 0. The third kappa shape index (κ3) is 3.91. The van der Waals surface area contributed by atoms with Crippen LogP contribution in [-0.4, -0.2) is 35.7 Å². The molecule has 1 aliphatic heterocycles. The van der Waals surface area contributed by atoms with Gasteiger partial charge in [-0.1, -0.05) is 44.8 Å². The van der Waals surface area contributed by atoms with Crippen LogP contribution >= 0.6 is 37.7 Å². The molecule has 158 valence electrons. The Bertz CT molecular complexity index is 798. The van der Waals surface area contributed by atoms with Crippen molar-refractivity contribution in [3.05, 3.63) is 29.3 Å². The molecule has 9 unspecified atom stereocenters. The van der Waals surface area contributed by atoms with Crippen molar-refractivity contribution < 1.29 is 23.2 Å². The number of hydrogen-bond acceptors (Lipinski definition) is 6. The van der Waals surface area contributed by atoms with Gasteiger partial charge in [0.2, 0.25) is 0 Å². The molecule has 0 spiro atoms. The standard InChI is InChI=1S/C18H28BNO5P4/c1-18(2)10-7-12(18)16-13(8-10)22-19(23-16)14(20(26)27)6-9-4-3-5-11(15(9)24-28)17(21)25-29/h3-5,10,12-14,16H,6-8,26-29H2,1-2H3. The van der Waals surface area contributed by atoms with Crippen molar-refractivity contribution in [2.45, 2.75) is 51.3 Å². The van der Waals surface area contributed by atoms with E-state index in [1.54, 1.807) is 6.07 Å². The summed E-state index contributed by atoms with van der Waals surface area (Å²) in [6.07, 6.45) is 3.24. The number of carbonyl (C=O) groups is 1. The van der Waals surface area contributed by atoms with E-state index in [2.05, 4.69) is 42.1 Å².